The van der Waals surface area contributed by atoms with E-state index in [9.17, 15) is 13.6 Å². The van der Waals surface area contributed by atoms with Crippen LogP contribution in [0.5, 0.6) is 0 Å². The molecule has 0 aliphatic heterocycles. The zero-order valence-corrected chi connectivity index (χ0v) is 9.94. The first-order chi connectivity index (χ1) is 9.04. The van der Waals surface area contributed by atoms with Gasteiger partial charge in [-0.05, 0) is 17.7 Å². The first-order valence-electron chi connectivity index (χ1n) is 5.53. The molecule has 2 aromatic rings. The Balaban J connectivity index is 1.88. The Labute approximate surface area is 108 Å². The maximum Gasteiger partial charge on any atom is 0.241 e. The molecule has 1 aromatic heterocycles. The van der Waals surface area contributed by atoms with Crippen LogP contribution in [0.4, 0.5) is 14.5 Å². The molecule has 0 radical (unpaired) electrons. The SMILES string of the molecule is Nc1cnn(CC(=O)NCc2ccc(F)c(F)c2)c1. The molecule has 0 unspecified atom stereocenters. The van der Waals surface area contributed by atoms with Gasteiger partial charge in [-0.2, -0.15) is 5.10 Å². The van der Waals surface area contributed by atoms with Crippen molar-refractivity contribution in [1.82, 2.24) is 15.1 Å². The van der Waals surface area contributed by atoms with Gasteiger partial charge >= 0.3 is 0 Å². The highest BCUT2D eigenvalue weighted by Crippen LogP contribution is 2.08. The number of halogens is 2. The van der Waals surface area contributed by atoms with Crippen molar-refractivity contribution in [2.45, 2.75) is 13.1 Å². The van der Waals surface area contributed by atoms with Gasteiger partial charge in [-0.25, -0.2) is 8.78 Å². The first kappa shape index (κ1) is 13.0. The van der Waals surface area contributed by atoms with Crippen LogP contribution < -0.4 is 11.1 Å². The number of benzene rings is 1. The molecule has 0 aliphatic rings. The van der Waals surface area contributed by atoms with E-state index in [-0.39, 0.29) is 19.0 Å². The minimum atomic E-state index is -0.938. The lowest BCUT2D eigenvalue weighted by Gasteiger charge is -2.06. The molecular weight excluding hydrogens is 254 g/mol. The molecule has 19 heavy (non-hydrogen) atoms. The highest BCUT2D eigenvalue weighted by atomic mass is 19.2. The van der Waals surface area contributed by atoms with Crippen LogP contribution in [0.15, 0.2) is 30.6 Å². The molecule has 0 aliphatic carbocycles. The van der Waals surface area contributed by atoms with E-state index < -0.39 is 11.6 Å². The Hall–Kier alpha value is -2.44. The maximum atomic E-state index is 12.9. The van der Waals surface area contributed by atoms with E-state index >= 15 is 0 Å². The summed E-state index contributed by atoms with van der Waals surface area (Å²) in [6.07, 6.45) is 2.96. The van der Waals surface area contributed by atoms with Crippen LogP contribution in [0.1, 0.15) is 5.56 Å². The zero-order chi connectivity index (χ0) is 13.8. The quantitative estimate of drug-likeness (QED) is 0.869. The summed E-state index contributed by atoms with van der Waals surface area (Å²) < 4.78 is 27.0. The number of nitrogen functional groups attached to an aromatic ring is 1. The Morgan fingerprint density at radius 2 is 2.16 bits per heavy atom. The molecule has 7 heteroatoms. The summed E-state index contributed by atoms with van der Waals surface area (Å²) in [5.41, 5.74) is 6.40. The van der Waals surface area contributed by atoms with Gasteiger partial charge < -0.3 is 11.1 Å². The molecule has 5 nitrogen and oxygen atoms in total. The fraction of sp³-hybridized carbons (Fsp3) is 0.167. The second-order valence-corrected chi connectivity index (χ2v) is 4.00. The van der Waals surface area contributed by atoms with Gasteiger partial charge in [0, 0.05) is 12.7 Å². The normalized spacial score (nSPS) is 10.4. The predicted molar refractivity (Wildman–Crippen MR) is 64.8 cm³/mol. The van der Waals surface area contributed by atoms with Crippen molar-refractivity contribution in [1.29, 1.82) is 0 Å². The smallest absolute Gasteiger partial charge is 0.241 e. The third-order valence-electron chi connectivity index (χ3n) is 2.43. The minimum absolute atomic E-state index is 0.0148. The lowest BCUT2D eigenvalue weighted by molar-refractivity contribution is -0.122. The van der Waals surface area contributed by atoms with Crippen molar-refractivity contribution < 1.29 is 13.6 Å². The molecule has 1 amide bonds. The van der Waals surface area contributed by atoms with E-state index in [1.807, 2.05) is 0 Å². The highest BCUT2D eigenvalue weighted by molar-refractivity contribution is 5.75. The van der Waals surface area contributed by atoms with Crippen LogP contribution >= 0.6 is 0 Å². The molecule has 1 heterocycles. The third-order valence-corrected chi connectivity index (χ3v) is 2.43. The standard InChI is InChI=1S/C12H12F2N4O/c13-10-2-1-8(3-11(10)14)4-16-12(19)7-18-6-9(15)5-17-18/h1-3,5-6H,4,7,15H2,(H,16,19). The average Bonchev–Trinajstić information content (AvgIpc) is 2.76. The van der Waals surface area contributed by atoms with Crippen LogP contribution in [0.2, 0.25) is 0 Å². The van der Waals surface area contributed by atoms with Gasteiger partial charge in [-0.3, -0.25) is 9.48 Å². The van der Waals surface area contributed by atoms with Crippen molar-refractivity contribution in [3.63, 3.8) is 0 Å². The number of amides is 1. The van der Waals surface area contributed by atoms with Crippen molar-refractivity contribution in [3.05, 3.63) is 47.8 Å². The topological polar surface area (TPSA) is 72.9 Å². The van der Waals surface area contributed by atoms with Gasteiger partial charge in [0.1, 0.15) is 6.54 Å². The number of hydrogen-bond acceptors (Lipinski definition) is 3. The van der Waals surface area contributed by atoms with Crippen LogP contribution in [0, 0.1) is 11.6 Å². The predicted octanol–water partition coefficient (Wildman–Crippen LogP) is 1.06. The fourth-order valence-corrected chi connectivity index (χ4v) is 1.52. The molecule has 0 spiro atoms. The molecule has 0 saturated carbocycles. The number of anilines is 1. The second kappa shape index (κ2) is 5.47. The monoisotopic (exact) mass is 266 g/mol. The number of aromatic nitrogens is 2. The van der Waals surface area contributed by atoms with Gasteiger partial charge in [0.2, 0.25) is 5.91 Å². The molecule has 2 rings (SSSR count). The fourth-order valence-electron chi connectivity index (χ4n) is 1.52. The lowest BCUT2D eigenvalue weighted by atomic mass is 10.2. The summed E-state index contributed by atoms with van der Waals surface area (Å²) in [5.74, 6) is -2.15. The van der Waals surface area contributed by atoms with E-state index in [1.54, 1.807) is 0 Å². The number of carbonyl (C=O) groups excluding carboxylic acids is 1. The maximum absolute atomic E-state index is 12.9. The van der Waals surface area contributed by atoms with Crippen LogP contribution in [0.25, 0.3) is 0 Å². The van der Waals surface area contributed by atoms with E-state index in [0.717, 1.165) is 12.1 Å². The summed E-state index contributed by atoms with van der Waals surface area (Å²) >= 11 is 0. The van der Waals surface area contributed by atoms with Crippen LogP contribution in [-0.4, -0.2) is 15.7 Å². The molecule has 3 N–H and O–H groups in total. The number of rotatable bonds is 4. The zero-order valence-electron chi connectivity index (χ0n) is 9.94. The molecule has 0 saturated heterocycles. The Kier molecular flexibility index (Phi) is 3.74. The van der Waals surface area contributed by atoms with Crippen LogP contribution in [-0.2, 0) is 17.9 Å². The summed E-state index contributed by atoms with van der Waals surface area (Å²) in [6, 6.07) is 3.47. The molecule has 1 aromatic carbocycles. The molecule has 100 valence electrons. The third kappa shape index (κ3) is 3.51. The van der Waals surface area contributed by atoms with E-state index in [2.05, 4.69) is 10.4 Å². The molecule has 0 atom stereocenters. The number of carbonyl (C=O) groups is 1. The molecule has 0 fully saturated rings. The van der Waals surface area contributed by atoms with Crippen LogP contribution in [0.3, 0.4) is 0 Å². The van der Waals surface area contributed by atoms with Crippen molar-refractivity contribution >= 4 is 11.6 Å². The van der Waals surface area contributed by atoms with E-state index in [1.165, 1.54) is 23.1 Å². The minimum Gasteiger partial charge on any atom is -0.396 e. The first-order valence-corrected chi connectivity index (χ1v) is 5.53. The van der Waals surface area contributed by atoms with Gasteiger partial charge in [-0.1, -0.05) is 6.07 Å². The van der Waals surface area contributed by atoms with Gasteiger partial charge in [0.15, 0.2) is 11.6 Å². The summed E-state index contributed by atoms with van der Waals surface area (Å²) in [4.78, 5) is 11.6. The Bertz CT molecular complexity index is 597. The van der Waals surface area contributed by atoms with Crippen molar-refractivity contribution in [3.8, 4) is 0 Å². The average molecular weight is 266 g/mol. The Morgan fingerprint density at radius 1 is 1.37 bits per heavy atom. The summed E-state index contributed by atoms with van der Waals surface area (Å²) in [7, 11) is 0. The number of nitrogens with two attached hydrogens (primary N) is 1. The molecule has 0 bridgehead atoms. The van der Waals surface area contributed by atoms with E-state index in [0.29, 0.717) is 11.3 Å². The number of nitrogens with zero attached hydrogens (tertiary/aromatic N) is 2. The second-order valence-electron chi connectivity index (χ2n) is 4.00. The Morgan fingerprint density at radius 3 is 2.79 bits per heavy atom. The highest BCUT2D eigenvalue weighted by Gasteiger charge is 2.06. The van der Waals surface area contributed by atoms with E-state index in [4.69, 9.17) is 5.73 Å². The summed E-state index contributed by atoms with van der Waals surface area (Å²) in [6.45, 7) is 0.133. The van der Waals surface area contributed by atoms with Crippen molar-refractivity contribution in [2.75, 3.05) is 5.73 Å². The largest absolute Gasteiger partial charge is 0.396 e. The molecular formula is C12H12F2N4O. The van der Waals surface area contributed by atoms with Gasteiger partial charge in [-0.15, -0.1) is 0 Å². The number of hydrogen-bond donors (Lipinski definition) is 2. The summed E-state index contributed by atoms with van der Waals surface area (Å²) in [5, 5.41) is 6.43. The van der Waals surface area contributed by atoms with Crippen molar-refractivity contribution in [2.24, 2.45) is 0 Å². The lowest BCUT2D eigenvalue weighted by Crippen LogP contribution is -2.27. The number of nitrogens with one attached hydrogen (secondary N) is 1. The van der Waals surface area contributed by atoms with Gasteiger partial charge in [0.05, 0.1) is 11.9 Å². The van der Waals surface area contributed by atoms with Gasteiger partial charge in [0.25, 0.3) is 0 Å².